The SMILES string of the molecule is C=CCOC(=O)NCC(=O)NCC(=O)O. The molecule has 0 aliphatic heterocycles. The van der Waals surface area contributed by atoms with Gasteiger partial charge in [-0.25, -0.2) is 4.79 Å². The molecule has 15 heavy (non-hydrogen) atoms. The Morgan fingerprint density at radius 3 is 2.47 bits per heavy atom. The Kier molecular flexibility index (Phi) is 6.36. The lowest BCUT2D eigenvalue weighted by Gasteiger charge is -2.04. The molecule has 0 aliphatic rings. The maximum absolute atomic E-state index is 10.9. The quantitative estimate of drug-likeness (QED) is 0.499. The molecule has 0 rings (SSSR count). The van der Waals surface area contributed by atoms with Crippen LogP contribution in [-0.4, -0.2) is 42.8 Å². The number of ether oxygens (including phenoxy) is 1. The van der Waals surface area contributed by atoms with Gasteiger partial charge in [0, 0.05) is 0 Å². The third-order valence-electron chi connectivity index (χ3n) is 1.16. The molecule has 0 aromatic rings. The molecule has 0 saturated carbocycles. The average molecular weight is 216 g/mol. The van der Waals surface area contributed by atoms with Gasteiger partial charge in [-0.05, 0) is 0 Å². The number of hydrogen-bond donors (Lipinski definition) is 3. The predicted molar refractivity (Wildman–Crippen MR) is 50.2 cm³/mol. The predicted octanol–water partition coefficient (Wildman–Crippen LogP) is -0.901. The fourth-order valence-electron chi connectivity index (χ4n) is 0.575. The van der Waals surface area contributed by atoms with Crippen LogP contribution in [0.3, 0.4) is 0 Å². The van der Waals surface area contributed by atoms with Gasteiger partial charge in [0.25, 0.3) is 0 Å². The Labute approximate surface area is 86.1 Å². The van der Waals surface area contributed by atoms with E-state index in [1.807, 2.05) is 0 Å². The largest absolute Gasteiger partial charge is 0.480 e. The van der Waals surface area contributed by atoms with Gasteiger partial charge in [-0.15, -0.1) is 0 Å². The minimum atomic E-state index is -1.16. The van der Waals surface area contributed by atoms with Crippen LogP contribution in [0, 0.1) is 0 Å². The fraction of sp³-hybridized carbons (Fsp3) is 0.375. The number of carboxylic acids is 1. The van der Waals surface area contributed by atoms with E-state index in [9.17, 15) is 14.4 Å². The van der Waals surface area contributed by atoms with Crippen LogP contribution in [0.2, 0.25) is 0 Å². The number of aliphatic carboxylic acids is 1. The molecule has 0 aliphatic carbocycles. The van der Waals surface area contributed by atoms with E-state index in [1.54, 1.807) is 0 Å². The number of nitrogens with one attached hydrogen (secondary N) is 2. The molecule has 84 valence electrons. The standard InChI is InChI=1S/C8H12N2O5/c1-2-3-15-8(14)10-4-6(11)9-5-7(12)13/h2H,1,3-5H2,(H,9,11)(H,10,14)(H,12,13). The first-order chi connectivity index (χ1) is 7.06. The molecule has 0 heterocycles. The Morgan fingerprint density at radius 2 is 1.93 bits per heavy atom. The third-order valence-corrected chi connectivity index (χ3v) is 1.16. The molecule has 0 bridgehead atoms. The van der Waals surface area contributed by atoms with Crippen molar-refractivity contribution in [3.63, 3.8) is 0 Å². The Balaban J connectivity index is 3.57. The Bertz CT molecular complexity index is 264. The number of carboxylic acid groups (broad SMARTS) is 1. The van der Waals surface area contributed by atoms with Gasteiger partial charge in [-0.1, -0.05) is 12.7 Å². The minimum absolute atomic E-state index is 0.0442. The summed E-state index contributed by atoms with van der Waals surface area (Å²) in [4.78, 5) is 31.7. The van der Waals surface area contributed by atoms with E-state index in [1.165, 1.54) is 6.08 Å². The summed E-state index contributed by atoms with van der Waals surface area (Å²) >= 11 is 0. The molecule has 0 unspecified atom stereocenters. The van der Waals surface area contributed by atoms with Crippen molar-refractivity contribution in [2.24, 2.45) is 0 Å². The first kappa shape index (κ1) is 12.9. The molecular weight excluding hydrogens is 204 g/mol. The molecule has 0 aromatic heterocycles. The molecule has 7 nitrogen and oxygen atoms in total. The summed E-state index contributed by atoms with van der Waals surface area (Å²) in [6.07, 6.45) is 0.616. The van der Waals surface area contributed by atoms with E-state index in [4.69, 9.17) is 5.11 Å². The second-order valence-corrected chi connectivity index (χ2v) is 2.41. The van der Waals surface area contributed by atoms with Crippen LogP contribution >= 0.6 is 0 Å². The van der Waals surface area contributed by atoms with E-state index in [2.05, 4.69) is 21.9 Å². The zero-order valence-electron chi connectivity index (χ0n) is 7.99. The number of alkyl carbamates (subject to hydrolysis) is 1. The summed E-state index contributed by atoms with van der Waals surface area (Å²) in [7, 11) is 0. The molecule has 0 atom stereocenters. The second kappa shape index (κ2) is 7.36. The van der Waals surface area contributed by atoms with E-state index in [-0.39, 0.29) is 13.2 Å². The number of amides is 2. The molecule has 7 heteroatoms. The summed E-state index contributed by atoms with van der Waals surface area (Å²) in [5.74, 6) is -1.76. The highest BCUT2D eigenvalue weighted by Gasteiger charge is 2.06. The van der Waals surface area contributed by atoms with Crippen molar-refractivity contribution in [2.75, 3.05) is 19.7 Å². The minimum Gasteiger partial charge on any atom is -0.480 e. The zero-order valence-corrected chi connectivity index (χ0v) is 7.99. The summed E-state index contributed by atoms with van der Waals surface area (Å²) < 4.78 is 4.50. The van der Waals surface area contributed by atoms with Crippen molar-refractivity contribution < 1.29 is 24.2 Å². The molecule has 3 N–H and O–H groups in total. The highest BCUT2D eigenvalue weighted by Crippen LogP contribution is 1.77. The Morgan fingerprint density at radius 1 is 1.27 bits per heavy atom. The first-order valence-corrected chi connectivity index (χ1v) is 4.06. The molecule has 0 saturated heterocycles. The normalized spacial score (nSPS) is 8.80. The van der Waals surface area contributed by atoms with Crippen molar-refractivity contribution >= 4 is 18.0 Å². The number of rotatable bonds is 6. The monoisotopic (exact) mass is 216 g/mol. The van der Waals surface area contributed by atoms with Crippen LogP contribution in [0.15, 0.2) is 12.7 Å². The topological polar surface area (TPSA) is 105 Å². The van der Waals surface area contributed by atoms with Gasteiger partial charge in [0.05, 0.1) is 0 Å². The lowest BCUT2D eigenvalue weighted by atomic mass is 10.5. The van der Waals surface area contributed by atoms with Crippen LogP contribution in [0.1, 0.15) is 0 Å². The zero-order chi connectivity index (χ0) is 11.7. The number of hydrogen-bond acceptors (Lipinski definition) is 4. The van der Waals surface area contributed by atoms with Gasteiger partial charge in [0.2, 0.25) is 5.91 Å². The second-order valence-electron chi connectivity index (χ2n) is 2.41. The summed E-state index contributed by atoms with van der Waals surface area (Å²) in [5, 5.41) is 12.4. The molecule has 0 aromatic carbocycles. The highest BCUT2D eigenvalue weighted by molar-refractivity contribution is 5.84. The van der Waals surface area contributed by atoms with E-state index in [0.717, 1.165) is 0 Å². The van der Waals surface area contributed by atoms with Crippen LogP contribution in [0.5, 0.6) is 0 Å². The first-order valence-electron chi connectivity index (χ1n) is 4.06. The van der Waals surface area contributed by atoms with E-state index >= 15 is 0 Å². The molecule has 0 radical (unpaired) electrons. The lowest BCUT2D eigenvalue weighted by molar-refractivity contribution is -0.137. The van der Waals surface area contributed by atoms with Crippen molar-refractivity contribution in [3.8, 4) is 0 Å². The highest BCUT2D eigenvalue weighted by atomic mass is 16.5. The maximum atomic E-state index is 10.9. The smallest absolute Gasteiger partial charge is 0.407 e. The molecule has 0 spiro atoms. The van der Waals surface area contributed by atoms with Gasteiger partial charge in [-0.3, -0.25) is 9.59 Å². The van der Waals surface area contributed by atoms with Gasteiger partial charge in [0.15, 0.2) is 0 Å². The van der Waals surface area contributed by atoms with E-state index < -0.39 is 24.5 Å². The Hall–Kier alpha value is -2.05. The van der Waals surface area contributed by atoms with Gasteiger partial charge in [0.1, 0.15) is 19.7 Å². The molecular formula is C8H12N2O5. The van der Waals surface area contributed by atoms with Crippen molar-refractivity contribution in [1.29, 1.82) is 0 Å². The summed E-state index contributed by atoms with van der Waals surface area (Å²) in [5.41, 5.74) is 0. The average Bonchev–Trinajstić information content (AvgIpc) is 2.20. The van der Waals surface area contributed by atoms with Crippen LogP contribution in [-0.2, 0) is 14.3 Å². The fourth-order valence-corrected chi connectivity index (χ4v) is 0.575. The number of carbonyl (C=O) groups is 3. The summed E-state index contributed by atoms with van der Waals surface area (Å²) in [6, 6.07) is 0. The van der Waals surface area contributed by atoms with Crippen molar-refractivity contribution in [1.82, 2.24) is 10.6 Å². The van der Waals surface area contributed by atoms with Crippen LogP contribution < -0.4 is 10.6 Å². The summed E-state index contributed by atoms with van der Waals surface area (Å²) in [6.45, 7) is 2.56. The van der Waals surface area contributed by atoms with Gasteiger partial charge < -0.3 is 20.5 Å². The van der Waals surface area contributed by atoms with Crippen LogP contribution in [0.4, 0.5) is 4.79 Å². The molecule has 2 amide bonds. The van der Waals surface area contributed by atoms with Crippen molar-refractivity contribution in [3.05, 3.63) is 12.7 Å². The molecule has 0 fully saturated rings. The van der Waals surface area contributed by atoms with Gasteiger partial charge in [-0.2, -0.15) is 0 Å². The maximum Gasteiger partial charge on any atom is 0.407 e. The lowest BCUT2D eigenvalue weighted by Crippen LogP contribution is -2.39. The van der Waals surface area contributed by atoms with Crippen LogP contribution in [0.25, 0.3) is 0 Å². The third kappa shape index (κ3) is 8.28. The van der Waals surface area contributed by atoms with Gasteiger partial charge >= 0.3 is 12.1 Å². The van der Waals surface area contributed by atoms with Crippen molar-refractivity contribution in [2.45, 2.75) is 0 Å². The van der Waals surface area contributed by atoms with E-state index in [0.29, 0.717) is 0 Å². The number of carbonyl (C=O) groups excluding carboxylic acids is 2.